The van der Waals surface area contributed by atoms with Crippen molar-refractivity contribution in [2.24, 2.45) is 0 Å². The number of alkyl halides is 1. The van der Waals surface area contributed by atoms with Crippen LogP contribution in [0.2, 0.25) is 0 Å². The number of carbonyl (C=O) groups excluding carboxylic acids is 2. The molecule has 0 fully saturated rings. The lowest BCUT2D eigenvalue weighted by atomic mass is 10.3. The summed E-state index contributed by atoms with van der Waals surface area (Å²) in [6, 6.07) is 0. The summed E-state index contributed by atoms with van der Waals surface area (Å²) in [6.07, 6.45) is 1.57. The molecule has 0 aliphatic heterocycles. The monoisotopic (exact) mass is 193 g/mol. The molecule has 0 aliphatic carbocycles. The summed E-state index contributed by atoms with van der Waals surface area (Å²) in [7, 11) is 0. The molecule has 0 radical (unpaired) electrons. The number of carbonyl (C=O) groups is 2. The van der Waals surface area contributed by atoms with Crippen molar-refractivity contribution in [1.82, 2.24) is 5.32 Å². The molecule has 0 unspecified atom stereocenters. The van der Waals surface area contributed by atoms with Crippen molar-refractivity contribution in [2.75, 3.05) is 5.33 Å². The molecule has 1 N–H and O–H groups in total. The quantitative estimate of drug-likeness (QED) is 0.521. The molecule has 0 aromatic heterocycles. The van der Waals surface area contributed by atoms with Gasteiger partial charge in [0.25, 0.3) is 0 Å². The highest BCUT2D eigenvalue weighted by molar-refractivity contribution is 9.09. The molecule has 2 amide bonds. The third-order valence-electron chi connectivity index (χ3n) is 0.757. The van der Waals surface area contributed by atoms with E-state index in [0.717, 1.165) is 11.8 Å². The first-order valence-corrected chi connectivity index (χ1v) is 3.72. The van der Waals surface area contributed by atoms with Gasteiger partial charge in [0, 0.05) is 11.8 Å². The van der Waals surface area contributed by atoms with Crippen molar-refractivity contribution >= 4 is 28.2 Å². The van der Waals surface area contributed by atoms with Gasteiger partial charge in [-0.25, -0.2) is 0 Å². The molecular weight excluding hydrogens is 186 g/mol. The molecule has 0 saturated carbocycles. The van der Waals surface area contributed by atoms with Crippen LogP contribution in [0.3, 0.4) is 0 Å². The molecule has 3 nitrogen and oxygen atoms in total. The molecular formula is C5H8BrNO2. The summed E-state index contributed by atoms with van der Waals surface area (Å²) in [5.74, 6) is -0.218. The van der Waals surface area contributed by atoms with Gasteiger partial charge in [0.1, 0.15) is 0 Å². The maximum atomic E-state index is 10.4. The molecule has 0 heterocycles. The van der Waals surface area contributed by atoms with E-state index in [2.05, 4.69) is 15.9 Å². The maximum absolute atomic E-state index is 10.4. The number of halogens is 1. The maximum Gasteiger partial charge on any atom is 0.226 e. The summed E-state index contributed by atoms with van der Waals surface area (Å²) in [5, 5.41) is 2.83. The lowest BCUT2D eigenvalue weighted by molar-refractivity contribution is -0.125. The number of imide groups is 1. The highest BCUT2D eigenvalue weighted by atomic mass is 79.9. The fraction of sp³-hybridized carbons (Fsp3) is 0.600. The predicted molar refractivity (Wildman–Crippen MR) is 37.2 cm³/mol. The number of amides is 2. The second kappa shape index (κ2) is 5.75. The zero-order valence-corrected chi connectivity index (χ0v) is 6.48. The predicted octanol–water partition coefficient (Wildman–Crippen LogP) is 0.434. The molecule has 0 bridgehead atoms. The Labute approximate surface area is 61.9 Å². The van der Waals surface area contributed by atoms with Crippen LogP contribution in [0.4, 0.5) is 0 Å². The Kier molecular flexibility index (Phi) is 5.51. The Balaban J connectivity index is 3.16. The van der Waals surface area contributed by atoms with E-state index in [1.807, 2.05) is 5.32 Å². The van der Waals surface area contributed by atoms with Gasteiger partial charge in [0.2, 0.25) is 12.3 Å². The van der Waals surface area contributed by atoms with Crippen LogP contribution >= 0.6 is 15.9 Å². The zero-order valence-electron chi connectivity index (χ0n) is 4.89. The smallest absolute Gasteiger partial charge is 0.226 e. The van der Waals surface area contributed by atoms with Crippen molar-refractivity contribution in [3.63, 3.8) is 0 Å². The van der Waals surface area contributed by atoms with Crippen molar-refractivity contribution in [3.8, 4) is 0 Å². The molecule has 0 atom stereocenters. The largest absolute Gasteiger partial charge is 0.299 e. The van der Waals surface area contributed by atoms with E-state index in [-0.39, 0.29) is 5.91 Å². The molecule has 4 heteroatoms. The van der Waals surface area contributed by atoms with Crippen LogP contribution in [0.15, 0.2) is 0 Å². The van der Waals surface area contributed by atoms with E-state index < -0.39 is 0 Å². The van der Waals surface area contributed by atoms with Crippen LogP contribution in [0.1, 0.15) is 12.8 Å². The topological polar surface area (TPSA) is 46.2 Å². The van der Waals surface area contributed by atoms with Gasteiger partial charge in [0.05, 0.1) is 0 Å². The molecule has 52 valence electrons. The van der Waals surface area contributed by atoms with Gasteiger partial charge in [-0.15, -0.1) is 0 Å². The Bertz CT molecular complexity index is 105. The fourth-order valence-corrected chi connectivity index (χ4v) is 0.646. The number of rotatable bonds is 4. The first-order valence-electron chi connectivity index (χ1n) is 2.60. The van der Waals surface area contributed by atoms with Crippen LogP contribution < -0.4 is 5.32 Å². The zero-order chi connectivity index (χ0) is 7.11. The van der Waals surface area contributed by atoms with Crippen LogP contribution in [0.25, 0.3) is 0 Å². The summed E-state index contributed by atoms with van der Waals surface area (Å²) in [6.45, 7) is 0. The summed E-state index contributed by atoms with van der Waals surface area (Å²) >= 11 is 3.16. The fourth-order valence-electron chi connectivity index (χ4n) is 0.365. The lowest BCUT2D eigenvalue weighted by Gasteiger charge is -1.92. The highest BCUT2D eigenvalue weighted by Gasteiger charge is 1.95. The first-order chi connectivity index (χ1) is 4.31. The number of hydrogen-bond acceptors (Lipinski definition) is 2. The second-order valence-corrected chi connectivity index (χ2v) is 2.27. The van der Waals surface area contributed by atoms with Gasteiger partial charge in [-0.05, 0) is 6.42 Å². The van der Waals surface area contributed by atoms with Gasteiger partial charge in [0.15, 0.2) is 0 Å². The Hall–Kier alpha value is -0.380. The number of nitrogens with one attached hydrogen (secondary N) is 1. The lowest BCUT2D eigenvalue weighted by Crippen LogP contribution is -2.20. The van der Waals surface area contributed by atoms with Crippen molar-refractivity contribution in [1.29, 1.82) is 0 Å². The second-order valence-electron chi connectivity index (χ2n) is 1.48. The van der Waals surface area contributed by atoms with Crippen LogP contribution in [0, 0.1) is 0 Å². The van der Waals surface area contributed by atoms with Gasteiger partial charge in [-0.3, -0.25) is 14.9 Å². The minimum atomic E-state index is -0.218. The normalized spacial score (nSPS) is 8.56. The summed E-state index contributed by atoms with van der Waals surface area (Å²) in [4.78, 5) is 20.1. The molecule has 0 aromatic carbocycles. The summed E-state index contributed by atoms with van der Waals surface area (Å²) < 4.78 is 0. The standard InChI is InChI=1S/C5H8BrNO2/c6-3-1-2-5(9)7-4-8/h4H,1-3H2,(H,7,8,9). The Morgan fingerprint density at radius 3 is 2.78 bits per heavy atom. The van der Waals surface area contributed by atoms with Crippen LogP contribution in [-0.4, -0.2) is 17.6 Å². The van der Waals surface area contributed by atoms with E-state index in [4.69, 9.17) is 0 Å². The minimum Gasteiger partial charge on any atom is -0.299 e. The van der Waals surface area contributed by atoms with E-state index in [0.29, 0.717) is 12.8 Å². The van der Waals surface area contributed by atoms with Crippen molar-refractivity contribution < 1.29 is 9.59 Å². The van der Waals surface area contributed by atoms with Gasteiger partial charge >= 0.3 is 0 Å². The van der Waals surface area contributed by atoms with Gasteiger partial charge in [-0.1, -0.05) is 15.9 Å². The van der Waals surface area contributed by atoms with Gasteiger partial charge < -0.3 is 0 Å². The average Bonchev–Trinajstić information content (AvgIpc) is 1.85. The SMILES string of the molecule is O=CNC(=O)CCCBr. The summed E-state index contributed by atoms with van der Waals surface area (Å²) in [5.41, 5.74) is 0. The van der Waals surface area contributed by atoms with Gasteiger partial charge in [-0.2, -0.15) is 0 Å². The minimum absolute atomic E-state index is 0.218. The van der Waals surface area contributed by atoms with Crippen LogP contribution in [0.5, 0.6) is 0 Å². The third-order valence-corrected chi connectivity index (χ3v) is 1.32. The molecule has 0 aromatic rings. The van der Waals surface area contributed by atoms with E-state index in [9.17, 15) is 9.59 Å². The molecule has 0 aliphatic rings. The highest BCUT2D eigenvalue weighted by Crippen LogP contribution is 1.92. The van der Waals surface area contributed by atoms with E-state index in [1.165, 1.54) is 0 Å². The van der Waals surface area contributed by atoms with Crippen molar-refractivity contribution in [2.45, 2.75) is 12.8 Å². The third kappa shape index (κ3) is 5.49. The Morgan fingerprint density at radius 2 is 2.33 bits per heavy atom. The molecule has 0 rings (SSSR count). The van der Waals surface area contributed by atoms with E-state index >= 15 is 0 Å². The molecule has 9 heavy (non-hydrogen) atoms. The Morgan fingerprint density at radius 1 is 1.67 bits per heavy atom. The molecule has 0 saturated heterocycles. The van der Waals surface area contributed by atoms with Crippen molar-refractivity contribution in [3.05, 3.63) is 0 Å². The number of hydrogen-bond donors (Lipinski definition) is 1. The first kappa shape index (κ1) is 8.62. The average molecular weight is 194 g/mol. The molecule has 0 spiro atoms. The van der Waals surface area contributed by atoms with E-state index in [1.54, 1.807) is 0 Å². The van der Waals surface area contributed by atoms with Crippen LogP contribution in [-0.2, 0) is 9.59 Å².